The lowest BCUT2D eigenvalue weighted by Gasteiger charge is -2.24. The summed E-state index contributed by atoms with van der Waals surface area (Å²) in [5.41, 5.74) is 5.30. The van der Waals surface area contributed by atoms with Crippen molar-refractivity contribution in [3.63, 3.8) is 0 Å². The summed E-state index contributed by atoms with van der Waals surface area (Å²) < 4.78 is 33.9. The van der Waals surface area contributed by atoms with Crippen molar-refractivity contribution in [2.24, 2.45) is 5.10 Å². The third kappa shape index (κ3) is 6.79. The summed E-state index contributed by atoms with van der Waals surface area (Å²) >= 11 is 6.27. The number of nitrogens with zero attached hydrogens (tertiary/aromatic N) is 2. The Balaban J connectivity index is 1.23. The summed E-state index contributed by atoms with van der Waals surface area (Å²) in [6.07, 6.45) is 1.48. The summed E-state index contributed by atoms with van der Waals surface area (Å²) in [6, 6.07) is 34.3. The van der Waals surface area contributed by atoms with Crippen molar-refractivity contribution >= 4 is 50.2 Å². The Morgan fingerprint density at radius 3 is 2.38 bits per heavy atom. The number of anilines is 1. The number of aryl methyl sites for hydroxylation is 1. The third-order valence-corrected chi connectivity index (χ3v) is 8.81. The SMILES string of the molecule is Cc1ccc(N(CC(=O)N/N=C/c2ccc(OCc3cccc4ccccc34)cc2)S(=O)(=O)c2ccccc2)cc1Cl. The van der Waals surface area contributed by atoms with Crippen LogP contribution in [0.3, 0.4) is 0 Å². The van der Waals surface area contributed by atoms with Gasteiger partial charge in [0.25, 0.3) is 15.9 Å². The number of fused-ring (bicyclic) bond motifs is 1. The van der Waals surface area contributed by atoms with Gasteiger partial charge < -0.3 is 4.74 Å². The number of sulfonamides is 1. The van der Waals surface area contributed by atoms with E-state index in [4.69, 9.17) is 16.3 Å². The van der Waals surface area contributed by atoms with Gasteiger partial charge in [-0.15, -0.1) is 0 Å². The number of hydrazone groups is 1. The van der Waals surface area contributed by atoms with Gasteiger partial charge in [0.05, 0.1) is 16.8 Å². The Labute approximate surface area is 250 Å². The summed E-state index contributed by atoms with van der Waals surface area (Å²) in [4.78, 5) is 12.9. The van der Waals surface area contributed by atoms with Crippen LogP contribution in [0.2, 0.25) is 5.02 Å². The number of carbonyl (C=O) groups excluding carboxylic acids is 1. The van der Waals surface area contributed by atoms with Gasteiger partial charge in [-0.25, -0.2) is 13.8 Å². The second-order valence-electron chi connectivity index (χ2n) is 9.55. The highest BCUT2D eigenvalue weighted by Crippen LogP contribution is 2.28. The average molecular weight is 598 g/mol. The van der Waals surface area contributed by atoms with Gasteiger partial charge in [-0.1, -0.05) is 78.3 Å². The van der Waals surface area contributed by atoms with Gasteiger partial charge in [0.15, 0.2) is 0 Å². The van der Waals surface area contributed by atoms with Crippen molar-refractivity contribution in [2.75, 3.05) is 10.8 Å². The fraction of sp³-hybridized carbons (Fsp3) is 0.0909. The van der Waals surface area contributed by atoms with Crippen molar-refractivity contribution in [1.29, 1.82) is 0 Å². The van der Waals surface area contributed by atoms with Crippen LogP contribution in [-0.2, 0) is 21.4 Å². The van der Waals surface area contributed by atoms with Crippen molar-refractivity contribution in [3.05, 3.63) is 137 Å². The monoisotopic (exact) mass is 597 g/mol. The number of carbonyl (C=O) groups is 1. The molecule has 0 aromatic heterocycles. The highest BCUT2D eigenvalue weighted by atomic mass is 35.5. The molecule has 0 aliphatic rings. The van der Waals surface area contributed by atoms with Gasteiger partial charge in [0.2, 0.25) is 0 Å². The van der Waals surface area contributed by atoms with E-state index in [1.165, 1.54) is 24.4 Å². The van der Waals surface area contributed by atoms with Gasteiger partial charge >= 0.3 is 0 Å². The number of halogens is 1. The first-order valence-electron chi connectivity index (χ1n) is 13.2. The molecule has 0 unspecified atom stereocenters. The maximum atomic E-state index is 13.5. The van der Waals surface area contributed by atoms with Crippen LogP contribution in [0.5, 0.6) is 5.75 Å². The average Bonchev–Trinajstić information content (AvgIpc) is 3.01. The molecule has 5 aromatic carbocycles. The molecule has 0 heterocycles. The number of nitrogens with one attached hydrogen (secondary N) is 1. The molecule has 7 nitrogen and oxygen atoms in total. The largest absolute Gasteiger partial charge is 0.489 e. The van der Waals surface area contributed by atoms with E-state index in [1.807, 2.05) is 55.5 Å². The van der Waals surface area contributed by atoms with Crippen molar-refractivity contribution in [1.82, 2.24) is 5.43 Å². The minimum Gasteiger partial charge on any atom is -0.489 e. The normalized spacial score (nSPS) is 11.5. The Kier molecular flexibility index (Phi) is 8.85. The Morgan fingerprint density at radius 1 is 0.905 bits per heavy atom. The number of amides is 1. The number of hydrogen-bond acceptors (Lipinski definition) is 5. The summed E-state index contributed by atoms with van der Waals surface area (Å²) in [7, 11) is -4.05. The van der Waals surface area contributed by atoms with Crippen LogP contribution >= 0.6 is 11.6 Å². The zero-order valence-corrected chi connectivity index (χ0v) is 24.3. The van der Waals surface area contributed by atoms with Crippen LogP contribution in [0.25, 0.3) is 10.8 Å². The standard InChI is InChI=1S/C33H28ClN3O4S/c1-24-14-17-28(20-32(24)34)37(42(39,40)30-11-3-2-4-12-30)22-33(38)36-35-21-25-15-18-29(19-16-25)41-23-27-10-7-9-26-8-5-6-13-31(26)27/h2-21H,22-23H2,1H3,(H,36,38)/b35-21+. The van der Waals surface area contributed by atoms with Gasteiger partial charge in [-0.3, -0.25) is 9.10 Å². The summed E-state index contributed by atoms with van der Waals surface area (Å²) in [6.45, 7) is 1.75. The molecule has 42 heavy (non-hydrogen) atoms. The van der Waals surface area contributed by atoms with Gasteiger partial charge in [0, 0.05) is 5.02 Å². The molecule has 5 aromatic rings. The van der Waals surface area contributed by atoms with E-state index >= 15 is 0 Å². The minimum atomic E-state index is -4.05. The van der Waals surface area contributed by atoms with Gasteiger partial charge in [-0.2, -0.15) is 5.10 Å². The molecule has 1 N–H and O–H groups in total. The molecular weight excluding hydrogens is 570 g/mol. The molecule has 212 valence electrons. The summed E-state index contributed by atoms with van der Waals surface area (Å²) in [5, 5.41) is 6.73. The molecule has 0 aliphatic heterocycles. The molecule has 0 radical (unpaired) electrons. The first kappa shape index (κ1) is 28.9. The van der Waals surface area contributed by atoms with Crippen LogP contribution in [0, 0.1) is 6.92 Å². The van der Waals surface area contributed by atoms with Crippen LogP contribution in [0.4, 0.5) is 5.69 Å². The zero-order chi connectivity index (χ0) is 29.5. The van der Waals surface area contributed by atoms with Crippen LogP contribution in [-0.4, -0.2) is 27.1 Å². The van der Waals surface area contributed by atoms with Gasteiger partial charge in [-0.05, 0) is 82.9 Å². The fourth-order valence-electron chi connectivity index (χ4n) is 4.35. The lowest BCUT2D eigenvalue weighted by molar-refractivity contribution is -0.119. The fourth-order valence-corrected chi connectivity index (χ4v) is 5.95. The van der Waals surface area contributed by atoms with Crippen molar-refractivity contribution < 1.29 is 17.9 Å². The van der Waals surface area contributed by atoms with E-state index in [-0.39, 0.29) is 10.6 Å². The zero-order valence-electron chi connectivity index (χ0n) is 22.8. The Bertz CT molecular complexity index is 1840. The maximum Gasteiger partial charge on any atom is 0.264 e. The van der Waals surface area contributed by atoms with Gasteiger partial charge in [0.1, 0.15) is 18.9 Å². The lowest BCUT2D eigenvalue weighted by atomic mass is 10.1. The van der Waals surface area contributed by atoms with E-state index in [1.54, 1.807) is 30.3 Å². The van der Waals surface area contributed by atoms with E-state index < -0.39 is 22.5 Å². The molecule has 0 fully saturated rings. The molecule has 1 amide bonds. The molecule has 0 bridgehead atoms. The van der Waals surface area contributed by atoms with E-state index in [0.717, 1.165) is 31.8 Å². The molecule has 0 spiro atoms. The van der Waals surface area contributed by atoms with Crippen molar-refractivity contribution in [2.45, 2.75) is 18.4 Å². The Hall–Kier alpha value is -4.66. The third-order valence-electron chi connectivity index (χ3n) is 6.62. The van der Waals surface area contributed by atoms with E-state index in [0.29, 0.717) is 17.4 Å². The number of rotatable bonds is 10. The first-order chi connectivity index (χ1) is 20.3. The second-order valence-corrected chi connectivity index (χ2v) is 11.8. The molecule has 0 aliphatic carbocycles. The number of benzene rings is 5. The molecule has 5 rings (SSSR count). The predicted octanol–water partition coefficient (Wildman–Crippen LogP) is 6.73. The van der Waals surface area contributed by atoms with Crippen LogP contribution in [0.15, 0.2) is 125 Å². The van der Waals surface area contributed by atoms with E-state index in [9.17, 15) is 13.2 Å². The highest BCUT2D eigenvalue weighted by molar-refractivity contribution is 7.92. The van der Waals surface area contributed by atoms with Crippen molar-refractivity contribution in [3.8, 4) is 5.75 Å². The molecule has 0 atom stereocenters. The minimum absolute atomic E-state index is 0.0563. The maximum absolute atomic E-state index is 13.5. The van der Waals surface area contributed by atoms with E-state index in [2.05, 4.69) is 28.7 Å². The molecule has 0 saturated heterocycles. The smallest absolute Gasteiger partial charge is 0.264 e. The molecular formula is C33H28ClN3O4S. The topological polar surface area (TPSA) is 88.1 Å². The number of ether oxygens (including phenoxy) is 1. The van der Waals surface area contributed by atoms with Crippen LogP contribution < -0.4 is 14.5 Å². The Morgan fingerprint density at radius 2 is 1.62 bits per heavy atom. The second kappa shape index (κ2) is 12.9. The molecule has 9 heteroatoms. The summed E-state index contributed by atoms with van der Waals surface area (Å²) in [5.74, 6) is 0.0835. The molecule has 0 saturated carbocycles. The quantitative estimate of drug-likeness (QED) is 0.143. The van der Waals surface area contributed by atoms with Crippen LogP contribution in [0.1, 0.15) is 16.7 Å². The number of hydrogen-bond donors (Lipinski definition) is 1. The predicted molar refractivity (Wildman–Crippen MR) is 168 cm³/mol. The first-order valence-corrected chi connectivity index (χ1v) is 15.0. The highest BCUT2D eigenvalue weighted by Gasteiger charge is 2.27. The lowest BCUT2D eigenvalue weighted by Crippen LogP contribution is -2.39.